The fraction of sp³-hybridized carbons (Fsp3) is 0.350. The molecule has 0 aromatic heterocycles. The summed E-state index contributed by atoms with van der Waals surface area (Å²) in [6, 6.07) is 7.62. The summed E-state index contributed by atoms with van der Waals surface area (Å²) in [7, 11) is -2.42. The summed E-state index contributed by atoms with van der Waals surface area (Å²) in [6.07, 6.45) is 1.60. The van der Waals surface area contributed by atoms with E-state index in [-0.39, 0.29) is 28.9 Å². The van der Waals surface area contributed by atoms with E-state index in [1.807, 2.05) is 0 Å². The highest BCUT2D eigenvalue weighted by atomic mass is 79.9. The minimum atomic E-state index is -3.80. The Morgan fingerprint density at radius 1 is 1.17 bits per heavy atom. The van der Waals surface area contributed by atoms with Gasteiger partial charge in [0, 0.05) is 16.1 Å². The molecule has 0 bridgehead atoms. The largest absolute Gasteiger partial charge is 0.495 e. The number of methoxy groups -OCH3 is 1. The Bertz CT molecular complexity index is 1080. The van der Waals surface area contributed by atoms with E-state index < -0.39 is 16.0 Å². The monoisotopic (exact) mass is 497 g/mol. The Hall–Kier alpha value is -2.30. The van der Waals surface area contributed by atoms with Crippen molar-refractivity contribution in [3.63, 3.8) is 0 Å². The van der Waals surface area contributed by atoms with Crippen molar-refractivity contribution in [2.45, 2.75) is 30.4 Å². The van der Waals surface area contributed by atoms with Crippen LogP contribution in [0.15, 0.2) is 39.7 Å². The number of nitrogens with one attached hydrogen (secondary N) is 1. The molecule has 2 aromatic carbocycles. The summed E-state index contributed by atoms with van der Waals surface area (Å²) >= 11 is 3.44. The van der Waals surface area contributed by atoms with E-state index in [0.717, 1.165) is 12.8 Å². The molecular weight excluding hydrogens is 478 g/mol. The third-order valence-electron chi connectivity index (χ3n) is 4.66. The molecule has 8 nitrogen and oxygen atoms in total. The van der Waals surface area contributed by atoms with Gasteiger partial charge in [0.1, 0.15) is 30.5 Å². The number of halogens is 1. The lowest BCUT2D eigenvalue weighted by atomic mass is 10.2. The molecule has 0 radical (unpaired) electrons. The first kappa shape index (κ1) is 21.0. The highest BCUT2D eigenvalue weighted by molar-refractivity contribution is 9.10. The second kappa shape index (κ2) is 8.44. The zero-order chi connectivity index (χ0) is 21.3. The molecule has 10 heteroatoms. The van der Waals surface area contributed by atoms with Crippen LogP contribution < -0.4 is 18.9 Å². The molecule has 0 amide bonds. The van der Waals surface area contributed by atoms with Gasteiger partial charge in [-0.3, -0.25) is 0 Å². The Kier molecular flexibility index (Phi) is 5.90. The van der Waals surface area contributed by atoms with Gasteiger partial charge in [-0.15, -0.1) is 0 Å². The fourth-order valence-electron chi connectivity index (χ4n) is 2.94. The second-order valence-corrected chi connectivity index (χ2v) is 9.46. The van der Waals surface area contributed by atoms with Crippen LogP contribution in [0.3, 0.4) is 0 Å². The third-order valence-corrected chi connectivity index (χ3v) is 6.94. The Labute approximate surface area is 182 Å². The van der Waals surface area contributed by atoms with Crippen molar-refractivity contribution in [3.05, 3.63) is 45.9 Å². The van der Waals surface area contributed by atoms with Gasteiger partial charge in [0.05, 0.1) is 12.7 Å². The van der Waals surface area contributed by atoms with Gasteiger partial charge in [0.2, 0.25) is 10.0 Å². The van der Waals surface area contributed by atoms with E-state index in [1.165, 1.54) is 25.3 Å². The first-order chi connectivity index (χ1) is 14.4. The number of esters is 1. The molecule has 160 valence electrons. The van der Waals surface area contributed by atoms with Crippen molar-refractivity contribution in [2.24, 2.45) is 0 Å². The molecule has 1 fully saturated rings. The molecule has 4 rings (SSSR count). The van der Waals surface area contributed by atoms with Gasteiger partial charge >= 0.3 is 5.97 Å². The smallest absolute Gasteiger partial charge is 0.338 e. The normalized spacial score (nSPS) is 15.5. The molecule has 1 aliphatic heterocycles. The summed E-state index contributed by atoms with van der Waals surface area (Å²) in [4.78, 5) is 12.5. The summed E-state index contributed by atoms with van der Waals surface area (Å²) in [5.41, 5.74) is 0.810. The van der Waals surface area contributed by atoms with Gasteiger partial charge in [0.25, 0.3) is 0 Å². The predicted octanol–water partition coefficient (Wildman–Crippen LogP) is 3.03. The molecule has 1 saturated carbocycles. The first-order valence-corrected chi connectivity index (χ1v) is 11.6. The van der Waals surface area contributed by atoms with Gasteiger partial charge in [-0.25, -0.2) is 17.9 Å². The van der Waals surface area contributed by atoms with Gasteiger partial charge in [-0.2, -0.15) is 0 Å². The zero-order valence-corrected chi connectivity index (χ0v) is 18.5. The second-order valence-electron chi connectivity index (χ2n) is 6.92. The summed E-state index contributed by atoms with van der Waals surface area (Å²) in [6.45, 7) is 0.905. The van der Waals surface area contributed by atoms with E-state index in [2.05, 4.69) is 20.7 Å². The molecule has 1 N–H and O–H groups in total. The molecule has 1 aliphatic carbocycles. The number of carbonyl (C=O) groups excluding carboxylic acids is 1. The number of hydrogen-bond donors (Lipinski definition) is 1. The molecule has 1 heterocycles. The van der Waals surface area contributed by atoms with Crippen molar-refractivity contribution in [3.8, 4) is 17.2 Å². The molecule has 0 atom stereocenters. The number of carbonyl (C=O) groups is 1. The molecule has 2 aromatic rings. The third kappa shape index (κ3) is 4.55. The number of ether oxygens (including phenoxy) is 4. The average molecular weight is 498 g/mol. The number of rotatable bonds is 7. The van der Waals surface area contributed by atoms with E-state index in [0.29, 0.717) is 34.7 Å². The van der Waals surface area contributed by atoms with Crippen LogP contribution in [0.4, 0.5) is 0 Å². The van der Waals surface area contributed by atoms with Crippen molar-refractivity contribution < 1.29 is 32.2 Å². The van der Waals surface area contributed by atoms with Crippen LogP contribution >= 0.6 is 15.9 Å². The van der Waals surface area contributed by atoms with Crippen LogP contribution in [0.5, 0.6) is 17.2 Å². The minimum Gasteiger partial charge on any atom is -0.495 e. The van der Waals surface area contributed by atoms with Gasteiger partial charge in [-0.1, -0.05) is 15.9 Å². The van der Waals surface area contributed by atoms with Crippen molar-refractivity contribution in [2.75, 3.05) is 20.3 Å². The van der Waals surface area contributed by atoms with Crippen LogP contribution in [-0.4, -0.2) is 40.8 Å². The lowest BCUT2D eigenvalue weighted by Gasteiger charge is -2.20. The zero-order valence-electron chi connectivity index (χ0n) is 16.1. The van der Waals surface area contributed by atoms with Crippen LogP contribution in [0, 0.1) is 0 Å². The maximum atomic E-state index is 12.6. The molecule has 0 saturated heterocycles. The summed E-state index contributed by atoms with van der Waals surface area (Å²) in [5.74, 6) is 0.715. The van der Waals surface area contributed by atoms with Gasteiger partial charge in [0.15, 0.2) is 11.5 Å². The highest BCUT2D eigenvalue weighted by Crippen LogP contribution is 2.36. The van der Waals surface area contributed by atoms with E-state index >= 15 is 0 Å². The van der Waals surface area contributed by atoms with Gasteiger partial charge in [-0.05, 0) is 43.2 Å². The van der Waals surface area contributed by atoms with E-state index in [1.54, 1.807) is 12.1 Å². The molecule has 0 spiro atoms. The SMILES string of the molecule is COc1ccc(C(=O)OCc2cc3c(cc2Br)OCCO3)cc1S(=O)(=O)NC1CC1. The minimum absolute atomic E-state index is 0.0233. The lowest BCUT2D eigenvalue weighted by Crippen LogP contribution is -2.26. The maximum absolute atomic E-state index is 12.6. The fourth-order valence-corrected chi connectivity index (χ4v) is 4.88. The van der Waals surface area contributed by atoms with Crippen LogP contribution in [0.25, 0.3) is 0 Å². The van der Waals surface area contributed by atoms with Crippen molar-refractivity contribution in [1.82, 2.24) is 4.72 Å². The van der Waals surface area contributed by atoms with Gasteiger partial charge < -0.3 is 18.9 Å². The predicted molar refractivity (Wildman–Crippen MR) is 111 cm³/mol. The molecule has 0 unspecified atom stereocenters. The highest BCUT2D eigenvalue weighted by Gasteiger charge is 2.30. The van der Waals surface area contributed by atoms with Crippen LogP contribution in [0.1, 0.15) is 28.8 Å². The van der Waals surface area contributed by atoms with E-state index in [9.17, 15) is 13.2 Å². The Morgan fingerprint density at radius 2 is 1.87 bits per heavy atom. The number of hydrogen-bond acceptors (Lipinski definition) is 7. The number of benzene rings is 2. The average Bonchev–Trinajstić information content (AvgIpc) is 3.54. The van der Waals surface area contributed by atoms with Crippen LogP contribution in [-0.2, 0) is 21.4 Å². The molecule has 2 aliphatic rings. The molecular formula is C20H20BrNO7S. The van der Waals surface area contributed by atoms with Crippen molar-refractivity contribution >= 4 is 31.9 Å². The lowest BCUT2D eigenvalue weighted by molar-refractivity contribution is 0.0471. The summed E-state index contributed by atoms with van der Waals surface area (Å²) in [5, 5.41) is 0. The standard InChI is InChI=1S/C20H20BrNO7S/c1-26-16-5-2-12(9-19(16)30(24,25)22-14-3-4-14)20(23)29-11-13-8-17-18(10-15(13)21)28-7-6-27-17/h2,5,8-10,14,22H,3-4,6-7,11H2,1H3. The Morgan fingerprint density at radius 3 is 2.53 bits per heavy atom. The number of fused-ring (bicyclic) bond motifs is 1. The maximum Gasteiger partial charge on any atom is 0.338 e. The summed E-state index contributed by atoms with van der Waals surface area (Å²) < 4.78 is 50.2. The molecule has 30 heavy (non-hydrogen) atoms. The number of sulfonamides is 1. The van der Waals surface area contributed by atoms with Crippen LogP contribution in [0.2, 0.25) is 0 Å². The first-order valence-electron chi connectivity index (χ1n) is 9.33. The van der Waals surface area contributed by atoms with Crippen molar-refractivity contribution in [1.29, 1.82) is 0 Å². The quantitative estimate of drug-likeness (QED) is 0.586. The Balaban J connectivity index is 1.52. The topological polar surface area (TPSA) is 100 Å². The van der Waals surface area contributed by atoms with E-state index in [4.69, 9.17) is 18.9 Å².